The van der Waals surface area contributed by atoms with Crippen LogP contribution in [-0.2, 0) is 14.3 Å². The van der Waals surface area contributed by atoms with Crippen molar-refractivity contribution < 1.29 is 25.8 Å². The lowest BCUT2D eigenvalue weighted by Gasteiger charge is -2.24. The van der Waals surface area contributed by atoms with E-state index in [2.05, 4.69) is 4.18 Å². The summed E-state index contributed by atoms with van der Waals surface area (Å²) in [5, 5.41) is 0. The number of alkyl halides is 3. The van der Waals surface area contributed by atoms with Crippen molar-refractivity contribution in [2.24, 2.45) is 23.7 Å². The standard InChI is InChI=1S/C11H13F3O3S/c12-11(13,14)18(15,16)17-10-5-6-4-9(10)8-3-1-2-7(6)8/h5-9H,1-4H2/t6-,7?,8?,9-/m1/s1. The lowest BCUT2D eigenvalue weighted by molar-refractivity contribution is -0.0528. The maximum absolute atomic E-state index is 12.3. The summed E-state index contributed by atoms with van der Waals surface area (Å²) >= 11 is 0. The Morgan fingerprint density at radius 1 is 1.22 bits per heavy atom. The molecule has 2 bridgehead atoms. The van der Waals surface area contributed by atoms with E-state index in [9.17, 15) is 21.6 Å². The van der Waals surface area contributed by atoms with Crippen molar-refractivity contribution in [2.75, 3.05) is 0 Å². The van der Waals surface area contributed by atoms with Gasteiger partial charge in [-0.3, -0.25) is 0 Å². The van der Waals surface area contributed by atoms with Gasteiger partial charge in [0, 0.05) is 5.92 Å². The lowest BCUT2D eigenvalue weighted by atomic mass is 9.85. The molecule has 0 aromatic heterocycles. The number of hydrogen-bond acceptors (Lipinski definition) is 3. The lowest BCUT2D eigenvalue weighted by Crippen LogP contribution is -2.28. The molecule has 2 saturated carbocycles. The molecule has 0 heterocycles. The quantitative estimate of drug-likeness (QED) is 0.578. The molecule has 0 amide bonds. The minimum Gasteiger partial charge on any atom is -0.381 e. The Balaban J connectivity index is 1.81. The molecule has 0 N–H and O–H groups in total. The fourth-order valence-electron chi connectivity index (χ4n) is 3.81. The first-order valence-corrected chi connectivity index (χ1v) is 7.43. The van der Waals surface area contributed by atoms with Crippen molar-refractivity contribution in [1.82, 2.24) is 0 Å². The third-order valence-electron chi connectivity index (χ3n) is 4.45. The molecule has 102 valence electrons. The minimum atomic E-state index is -5.50. The zero-order valence-electron chi connectivity index (χ0n) is 9.48. The van der Waals surface area contributed by atoms with E-state index in [0.29, 0.717) is 11.8 Å². The first-order valence-electron chi connectivity index (χ1n) is 6.02. The van der Waals surface area contributed by atoms with Gasteiger partial charge in [-0.15, -0.1) is 0 Å². The molecule has 3 aliphatic rings. The Kier molecular flexibility index (Phi) is 2.50. The van der Waals surface area contributed by atoms with Crippen molar-refractivity contribution in [1.29, 1.82) is 0 Å². The fraction of sp³-hybridized carbons (Fsp3) is 0.818. The highest BCUT2D eigenvalue weighted by Crippen LogP contribution is 2.58. The molecule has 7 heteroatoms. The Labute approximate surface area is 103 Å². The molecule has 0 radical (unpaired) electrons. The highest BCUT2D eigenvalue weighted by atomic mass is 32.2. The molecule has 0 aromatic carbocycles. The molecule has 0 aliphatic heterocycles. The normalized spacial score (nSPS) is 38.7. The van der Waals surface area contributed by atoms with Crippen molar-refractivity contribution >= 4 is 10.1 Å². The van der Waals surface area contributed by atoms with Crippen LogP contribution in [0.5, 0.6) is 0 Å². The van der Waals surface area contributed by atoms with Crippen LogP contribution < -0.4 is 0 Å². The van der Waals surface area contributed by atoms with E-state index in [1.807, 2.05) is 0 Å². The van der Waals surface area contributed by atoms with Crippen LogP contribution in [0.4, 0.5) is 13.2 Å². The average Bonchev–Trinajstić information content (AvgIpc) is 2.82. The largest absolute Gasteiger partial charge is 0.534 e. The third kappa shape index (κ3) is 1.66. The molecule has 0 saturated heterocycles. The summed E-state index contributed by atoms with van der Waals surface area (Å²) in [5.41, 5.74) is -5.34. The molecular weight excluding hydrogens is 269 g/mol. The molecule has 2 fully saturated rings. The second-order valence-corrected chi connectivity index (χ2v) is 6.85. The molecule has 4 atom stereocenters. The average molecular weight is 282 g/mol. The number of rotatable bonds is 2. The second kappa shape index (κ2) is 3.65. The van der Waals surface area contributed by atoms with E-state index in [0.717, 1.165) is 25.7 Å². The van der Waals surface area contributed by atoms with Crippen LogP contribution >= 0.6 is 0 Å². The number of halogens is 3. The van der Waals surface area contributed by atoms with Crippen LogP contribution in [0.1, 0.15) is 25.7 Å². The zero-order chi connectivity index (χ0) is 13.1. The Morgan fingerprint density at radius 2 is 1.89 bits per heavy atom. The van der Waals surface area contributed by atoms with Crippen LogP contribution in [0.25, 0.3) is 0 Å². The predicted octanol–water partition coefficient (Wildman–Crippen LogP) is 2.80. The van der Waals surface area contributed by atoms with E-state index in [-0.39, 0.29) is 17.6 Å². The third-order valence-corrected chi connectivity index (χ3v) is 5.43. The second-order valence-electron chi connectivity index (χ2n) is 5.32. The topological polar surface area (TPSA) is 43.4 Å². The number of allylic oxidation sites excluding steroid dienone is 2. The van der Waals surface area contributed by atoms with Crippen molar-refractivity contribution in [2.45, 2.75) is 31.2 Å². The maximum atomic E-state index is 12.3. The summed E-state index contributed by atoms with van der Waals surface area (Å²) in [5.74, 6) is 0.954. The predicted molar refractivity (Wildman–Crippen MR) is 56.6 cm³/mol. The minimum absolute atomic E-state index is 0.0282. The molecular formula is C11H13F3O3S. The molecule has 2 unspecified atom stereocenters. The van der Waals surface area contributed by atoms with Crippen molar-refractivity contribution in [3.05, 3.63) is 11.8 Å². The van der Waals surface area contributed by atoms with Gasteiger partial charge in [-0.2, -0.15) is 21.6 Å². The Morgan fingerprint density at radius 3 is 2.56 bits per heavy atom. The smallest absolute Gasteiger partial charge is 0.381 e. The Bertz CT molecular complexity index is 494. The van der Waals surface area contributed by atoms with Gasteiger partial charge in [0.15, 0.2) is 0 Å². The highest BCUT2D eigenvalue weighted by molar-refractivity contribution is 7.87. The van der Waals surface area contributed by atoms with E-state index in [1.165, 1.54) is 0 Å². The molecule has 18 heavy (non-hydrogen) atoms. The van der Waals surface area contributed by atoms with Gasteiger partial charge in [-0.1, -0.05) is 6.42 Å². The van der Waals surface area contributed by atoms with Gasteiger partial charge < -0.3 is 4.18 Å². The number of fused-ring (bicyclic) bond motifs is 5. The summed E-state index contributed by atoms with van der Waals surface area (Å²) in [4.78, 5) is 0. The maximum Gasteiger partial charge on any atom is 0.534 e. The van der Waals surface area contributed by atoms with Crippen LogP contribution in [-0.4, -0.2) is 13.9 Å². The van der Waals surface area contributed by atoms with E-state index >= 15 is 0 Å². The SMILES string of the molecule is O=S(=O)(OC1=C[C@H]2C[C@@H]1C1CCCC12)C(F)(F)F. The summed E-state index contributed by atoms with van der Waals surface area (Å²) in [7, 11) is -5.50. The van der Waals surface area contributed by atoms with Crippen molar-refractivity contribution in [3.63, 3.8) is 0 Å². The van der Waals surface area contributed by atoms with Gasteiger partial charge in [-0.25, -0.2) is 0 Å². The van der Waals surface area contributed by atoms with Gasteiger partial charge in [0.2, 0.25) is 0 Å². The number of hydrogen-bond donors (Lipinski definition) is 0. The van der Waals surface area contributed by atoms with Gasteiger partial charge >= 0.3 is 15.6 Å². The van der Waals surface area contributed by atoms with Gasteiger partial charge in [-0.05, 0) is 43.1 Å². The molecule has 3 rings (SSSR count). The zero-order valence-corrected chi connectivity index (χ0v) is 10.3. The fourth-order valence-corrected chi connectivity index (χ4v) is 4.34. The van der Waals surface area contributed by atoms with Gasteiger partial charge in [0.1, 0.15) is 5.76 Å². The van der Waals surface area contributed by atoms with Crippen LogP contribution in [0, 0.1) is 23.7 Å². The van der Waals surface area contributed by atoms with Gasteiger partial charge in [0.25, 0.3) is 0 Å². The van der Waals surface area contributed by atoms with Crippen molar-refractivity contribution in [3.8, 4) is 0 Å². The summed E-state index contributed by atoms with van der Waals surface area (Å²) < 4.78 is 63.1. The Hall–Kier alpha value is -0.720. The summed E-state index contributed by atoms with van der Waals surface area (Å²) in [6.07, 6.45) is 5.49. The van der Waals surface area contributed by atoms with Gasteiger partial charge in [0.05, 0.1) is 0 Å². The molecule has 3 nitrogen and oxygen atoms in total. The molecule has 3 aliphatic carbocycles. The summed E-state index contributed by atoms with van der Waals surface area (Å²) in [6, 6.07) is 0. The van der Waals surface area contributed by atoms with E-state index in [4.69, 9.17) is 0 Å². The van der Waals surface area contributed by atoms with Crippen LogP contribution in [0.15, 0.2) is 11.8 Å². The monoisotopic (exact) mass is 282 g/mol. The molecule has 0 spiro atoms. The first kappa shape index (κ1) is 12.3. The first-order chi connectivity index (χ1) is 8.29. The highest BCUT2D eigenvalue weighted by Gasteiger charge is 2.55. The molecule has 0 aromatic rings. The van der Waals surface area contributed by atoms with E-state index in [1.54, 1.807) is 6.08 Å². The van der Waals surface area contributed by atoms with E-state index < -0.39 is 15.6 Å². The van der Waals surface area contributed by atoms with Crippen LogP contribution in [0.3, 0.4) is 0 Å². The van der Waals surface area contributed by atoms with Crippen LogP contribution in [0.2, 0.25) is 0 Å². The summed E-state index contributed by atoms with van der Waals surface area (Å²) in [6.45, 7) is 0.